The smallest absolute Gasteiger partial charge is 0.269 e. The number of aliphatic hydroxyl groups excluding tert-OH is 2. The molecule has 8 rings (SSSR count). The van der Waals surface area contributed by atoms with E-state index >= 15 is 0 Å². The Labute approximate surface area is 390 Å². The van der Waals surface area contributed by atoms with Gasteiger partial charge in [-0.15, -0.1) is 18.3 Å². The minimum Gasteiger partial charge on any atom is -0.459 e. The molecule has 1 amide bonds. The molecule has 5 aromatic rings. The highest BCUT2D eigenvalue weighted by molar-refractivity contribution is 7.98. The van der Waals surface area contributed by atoms with Crippen LogP contribution in [0, 0.1) is 27.9 Å². The van der Waals surface area contributed by atoms with Crippen molar-refractivity contribution in [1.29, 1.82) is 0 Å². The highest BCUT2D eigenvalue weighted by atomic mass is 32.2. The summed E-state index contributed by atoms with van der Waals surface area (Å²) < 4.78 is 21.0. The number of allylic oxidation sites excluding steroid dienone is 1. The molecule has 0 bridgehead atoms. The molecule has 0 aromatic heterocycles. The van der Waals surface area contributed by atoms with Crippen molar-refractivity contribution in [2.75, 3.05) is 33.1 Å². The lowest BCUT2D eigenvalue weighted by Gasteiger charge is -2.59. The van der Waals surface area contributed by atoms with Crippen LogP contribution in [0.2, 0.25) is 0 Å². The lowest BCUT2D eigenvalue weighted by molar-refractivity contribution is -0.384. The number of nitrogens with zero attached hydrogens (tertiary/aromatic N) is 3. The van der Waals surface area contributed by atoms with Gasteiger partial charge in [0.25, 0.3) is 11.6 Å². The van der Waals surface area contributed by atoms with Crippen molar-refractivity contribution < 1.29 is 39.0 Å². The van der Waals surface area contributed by atoms with E-state index in [1.807, 2.05) is 85.1 Å². The number of carbonyl (C=O) groups is 1. The number of fused-ring (bicyclic) bond motifs is 3. The molecule has 0 spiro atoms. The normalized spacial score (nSPS) is 22.4. The van der Waals surface area contributed by atoms with Crippen LogP contribution in [-0.4, -0.2) is 76.6 Å². The van der Waals surface area contributed by atoms with Crippen LogP contribution >= 0.6 is 11.8 Å². The van der Waals surface area contributed by atoms with Crippen LogP contribution in [0.4, 0.5) is 5.69 Å². The number of amides is 1. The van der Waals surface area contributed by atoms with Crippen molar-refractivity contribution in [3.63, 3.8) is 0 Å². The topological polar surface area (TPSA) is 153 Å². The molecule has 13 heteroatoms. The van der Waals surface area contributed by atoms with Gasteiger partial charge in [-0.2, -0.15) is 0 Å². The number of nitro benzene ring substituents is 1. The maximum atomic E-state index is 14.9. The Kier molecular flexibility index (Phi) is 14.9. The maximum absolute atomic E-state index is 14.9. The summed E-state index contributed by atoms with van der Waals surface area (Å²) in [6, 6.07) is 33.0. The van der Waals surface area contributed by atoms with Gasteiger partial charge in [0, 0.05) is 60.8 Å². The number of benzene rings is 5. The predicted molar refractivity (Wildman–Crippen MR) is 257 cm³/mol. The monoisotopic (exact) mass is 911 g/mol. The number of oxime groups is 1. The molecule has 1 fully saturated rings. The maximum Gasteiger partial charge on any atom is 0.269 e. The van der Waals surface area contributed by atoms with Crippen LogP contribution in [0.15, 0.2) is 144 Å². The van der Waals surface area contributed by atoms with Gasteiger partial charge < -0.3 is 34.2 Å². The van der Waals surface area contributed by atoms with Gasteiger partial charge in [0.1, 0.15) is 29.9 Å². The van der Waals surface area contributed by atoms with Gasteiger partial charge in [-0.25, -0.2) is 0 Å². The zero-order chi connectivity index (χ0) is 46.2. The molecule has 2 aliphatic carbocycles. The quantitative estimate of drug-likeness (QED) is 0.0254. The average molecular weight is 912 g/mol. The van der Waals surface area contributed by atoms with E-state index in [2.05, 4.69) is 18.7 Å². The molecule has 66 heavy (non-hydrogen) atoms. The Hall–Kier alpha value is -5.99. The zero-order valence-electron chi connectivity index (χ0n) is 37.4. The van der Waals surface area contributed by atoms with E-state index in [1.165, 1.54) is 12.1 Å². The Morgan fingerprint density at radius 1 is 0.939 bits per heavy atom. The first kappa shape index (κ1) is 46.5. The number of rotatable bonds is 20. The summed E-state index contributed by atoms with van der Waals surface area (Å²) in [6.45, 7) is 4.38. The van der Waals surface area contributed by atoms with Crippen LogP contribution in [0.3, 0.4) is 0 Å². The second-order valence-electron chi connectivity index (χ2n) is 17.2. The summed E-state index contributed by atoms with van der Waals surface area (Å²) in [6.07, 6.45) is 10.7. The fourth-order valence-corrected chi connectivity index (χ4v) is 10.5. The van der Waals surface area contributed by atoms with Gasteiger partial charge in [-0.3, -0.25) is 14.9 Å². The second kappa shape index (κ2) is 21.1. The molecule has 6 atom stereocenters. The first-order valence-corrected chi connectivity index (χ1v) is 23.9. The molecule has 0 radical (unpaired) electrons. The van der Waals surface area contributed by atoms with Crippen LogP contribution in [0.1, 0.15) is 72.3 Å². The Balaban J connectivity index is 1.29. The van der Waals surface area contributed by atoms with Gasteiger partial charge in [-0.1, -0.05) is 60.5 Å². The van der Waals surface area contributed by atoms with E-state index in [0.29, 0.717) is 46.9 Å². The molecule has 1 aliphatic heterocycles. The van der Waals surface area contributed by atoms with Crippen molar-refractivity contribution in [3.8, 4) is 17.2 Å². The summed E-state index contributed by atoms with van der Waals surface area (Å²) in [4.78, 5) is 34.9. The highest BCUT2D eigenvalue weighted by Crippen LogP contribution is 2.62. The number of aliphatic hydroxyl groups is 2. The van der Waals surface area contributed by atoms with Gasteiger partial charge in [0.05, 0.1) is 23.2 Å². The lowest BCUT2D eigenvalue weighted by Crippen LogP contribution is -2.69. The minimum atomic E-state index is -1.43. The van der Waals surface area contributed by atoms with Crippen molar-refractivity contribution in [2.45, 2.75) is 74.2 Å². The Morgan fingerprint density at radius 2 is 1.67 bits per heavy atom. The molecule has 0 saturated heterocycles. The van der Waals surface area contributed by atoms with E-state index in [9.17, 15) is 25.1 Å². The van der Waals surface area contributed by atoms with Crippen molar-refractivity contribution in [1.82, 2.24) is 4.90 Å². The summed E-state index contributed by atoms with van der Waals surface area (Å²) in [5, 5.41) is 38.2. The van der Waals surface area contributed by atoms with E-state index in [1.54, 1.807) is 41.9 Å². The average Bonchev–Trinajstić information content (AvgIpc) is 3.34. The third kappa shape index (κ3) is 9.76. The molecule has 344 valence electrons. The van der Waals surface area contributed by atoms with E-state index in [-0.39, 0.29) is 62.2 Å². The fraction of sp³-hybridized carbons (Fsp3) is 0.358. The second-order valence-corrected chi connectivity index (χ2v) is 18.1. The fourth-order valence-electron chi connectivity index (χ4n) is 10.1. The number of non-ortho nitro benzene ring substituents is 1. The third-order valence-corrected chi connectivity index (χ3v) is 14.0. The molecule has 2 N–H and O–H groups in total. The molecule has 1 heterocycles. The molecule has 3 aliphatic rings. The van der Waals surface area contributed by atoms with Crippen LogP contribution in [-0.2, 0) is 16.2 Å². The molecule has 12 nitrogen and oxygen atoms in total. The number of nitro groups is 1. The number of likely N-dealkylation sites (N-methyl/N-ethyl adjacent to an activating group) is 1. The molecule has 1 saturated carbocycles. The standard InChI is InChI=1S/C53H57N3O9S/c1-4-29-62-53-49(55(2)52(59)39-18-17-36-11-5-6-12-37(36)30-39)33-47(54-63-34-35-15-19-40(20-16-35)56(60)61)45-31-38(13-7-9-27-57)44(14-8-10-28-58)50(51(45)53)46-32-42(23-26-48(46)65-53)64-41-21-24-43(66-3)25-22-41/h4-6,11-12,15-26,30-32,38,44,49-51,57-58H,1,7-10,13-14,27-29,33-34H2,2-3H3. The molecular formula is C53H57N3O9S. The van der Waals surface area contributed by atoms with Gasteiger partial charge in [0.15, 0.2) is 0 Å². The minimum absolute atomic E-state index is 0.0195. The molecular weight excluding hydrogens is 855 g/mol. The van der Waals surface area contributed by atoms with E-state index in [4.69, 9.17) is 24.2 Å². The Bertz CT molecular complexity index is 2580. The van der Waals surface area contributed by atoms with E-state index in [0.717, 1.165) is 52.5 Å². The summed E-state index contributed by atoms with van der Waals surface area (Å²) in [5.74, 6) is -0.380. The number of unbranched alkanes of at least 4 members (excludes halogenated alkanes) is 2. The number of hydrogen-bond acceptors (Lipinski definition) is 11. The highest BCUT2D eigenvalue weighted by Gasteiger charge is 2.65. The Morgan fingerprint density at radius 3 is 2.38 bits per heavy atom. The zero-order valence-corrected chi connectivity index (χ0v) is 38.2. The van der Waals surface area contributed by atoms with Gasteiger partial charge >= 0.3 is 0 Å². The van der Waals surface area contributed by atoms with Gasteiger partial charge in [-0.05, 0) is 132 Å². The molecule has 5 aromatic carbocycles. The number of carbonyl (C=O) groups excluding carboxylic acids is 1. The third-order valence-electron chi connectivity index (χ3n) is 13.3. The van der Waals surface area contributed by atoms with Crippen LogP contribution in [0.5, 0.6) is 17.2 Å². The predicted octanol–water partition coefficient (Wildman–Crippen LogP) is 10.9. The van der Waals surface area contributed by atoms with Crippen molar-refractivity contribution in [2.24, 2.45) is 22.9 Å². The van der Waals surface area contributed by atoms with Crippen molar-refractivity contribution >= 4 is 39.8 Å². The van der Waals surface area contributed by atoms with Gasteiger partial charge in [0.2, 0.25) is 5.79 Å². The summed E-state index contributed by atoms with van der Waals surface area (Å²) in [5.41, 5.74) is 3.68. The first-order valence-electron chi connectivity index (χ1n) is 22.7. The number of ether oxygens (including phenoxy) is 3. The van der Waals surface area contributed by atoms with Crippen LogP contribution < -0.4 is 9.47 Å². The largest absolute Gasteiger partial charge is 0.459 e. The van der Waals surface area contributed by atoms with E-state index < -0.39 is 22.7 Å². The van der Waals surface area contributed by atoms with Crippen LogP contribution in [0.25, 0.3) is 10.8 Å². The summed E-state index contributed by atoms with van der Waals surface area (Å²) in [7, 11) is 1.79. The number of thioether (sulfide) groups is 1. The van der Waals surface area contributed by atoms with Crippen molar-refractivity contribution in [3.05, 3.63) is 160 Å². The molecule has 6 unspecified atom stereocenters. The SMILES string of the molecule is C=CCOC12Oc3ccc(Oc4ccc(SC)cc4)cc3C3C(CCCCO)C(CCCCO)C=C(C(=NOCc4ccc([N+](=O)[O-])cc4)CC1N(C)C(=O)c1ccc4ccccc4c1)C32. The first-order chi connectivity index (χ1) is 32.2. The number of hydrogen-bond donors (Lipinski definition) is 2. The lowest BCUT2D eigenvalue weighted by atomic mass is 9.55. The summed E-state index contributed by atoms with van der Waals surface area (Å²) >= 11 is 1.66.